The number of nitrogens with zero attached hydrogens (tertiary/aromatic N) is 1. The van der Waals surface area contributed by atoms with Gasteiger partial charge in [-0.1, -0.05) is 49.6 Å². The monoisotopic (exact) mass is 460 g/mol. The highest BCUT2D eigenvalue weighted by molar-refractivity contribution is 6.31. The minimum atomic E-state index is -0.667. The molecule has 2 aromatic rings. The van der Waals surface area contributed by atoms with Crippen LogP contribution in [0.3, 0.4) is 0 Å². The molecule has 0 bridgehead atoms. The van der Waals surface area contributed by atoms with Crippen molar-refractivity contribution < 1.29 is 18.7 Å². The second kappa shape index (κ2) is 11.3. The first-order chi connectivity index (χ1) is 15.4. The molecule has 2 amide bonds. The van der Waals surface area contributed by atoms with Crippen LogP contribution in [-0.4, -0.2) is 35.9 Å². The van der Waals surface area contributed by atoms with E-state index in [2.05, 4.69) is 5.32 Å². The molecule has 0 heterocycles. The van der Waals surface area contributed by atoms with E-state index in [-0.39, 0.29) is 41.4 Å². The van der Waals surface area contributed by atoms with Gasteiger partial charge in [-0.2, -0.15) is 0 Å². The van der Waals surface area contributed by atoms with Crippen LogP contribution < -0.4 is 10.1 Å². The number of carbonyl (C=O) groups is 2. The number of methoxy groups -OCH3 is 1. The normalized spacial score (nSPS) is 14.8. The molecule has 0 spiro atoms. The smallest absolute Gasteiger partial charge is 0.243 e. The quantitative estimate of drug-likeness (QED) is 0.579. The number of benzene rings is 2. The van der Waals surface area contributed by atoms with E-state index in [1.807, 2.05) is 31.2 Å². The highest BCUT2D eigenvalue weighted by Crippen LogP contribution is 2.24. The maximum atomic E-state index is 14.4. The van der Waals surface area contributed by atoms with Crippen LogP contribution in [0.5, 0.6) is 5.75 Å². The molecule has 1 N–H and O–H groups in total. The number of ether oxygens (including phenoxy) is 1. The van der Waals surface area contributed by atoms with Crippen LogP contribution in [0, 0.1) is 5.82 Å². The van der Waals surface area contributed by atoms with Crippen LogP contribution in [-0.2, 0) is 22.6 Å². The highest BCUT2D eigenvalue weighted by Gasteiger charge is 2.31. The van der Waals surface area contributed by atoms with E-state index in [1.54, 1.807) is 13.2 Å². The molecule has 0 aliphatic heterocycles. The summed E-state index contributed by atoms with van der Waals surface area (Å²) < 4.78 is 19.7. The largest absolute Gasteiger partial charge is 0.497 e. The van der Waals surface area contributed by atoms with Gasteiger partial charge in [0.05, 0.1) is 13.5 Å². The second-order valence-corrected chi connectivity index (χ2v) is 8.57. The zero-order chi connectivity index (χ0) is 23.1. The molecule has 32 heavy (non-hydrogen) atoms. The van der Waals surface area contributed by atoms with Crippen LogP contribution in [0.15, 0.2) is 42.5 Å². The van der Waals surface area contributed by atoms with Crippen LogP contribution >= 0.6 is 11.6 Å². The summed E-state index contributed by atoms with van der Waals surface area (Å²) in [6.07, 6.45) is 4.33. The first kappa shape index (κ1) is 24.1. The number of amides is 2. The molecule has 0 radical (unpaired) electrons. The minimum Gasteiger partial charge on any atom is -0.497 e. The average molecular weight is 461 g/mol. The lowest BCUT2D eigenvalue weighted by atomic mass is 10.1. The molecule has 1 aliphatic carbocycles. The Morgan fingerprint density at radius 3 is 2.59 bits per heavy atom. The Hall–Kier alpha value is -2.60. The van der Waals surface area contributed by atoms with E-state index < -0.39 is 11.9 Å². The summed E-state index contributed by atoms with van der Waals surface area (Å²) in [6, 6.07) is 11.2. The maximum Gasteiger partial charge on any atom is 0.243 e. The lowest BCUT2D eigenvalue weighted by molar-refractivity contribution is -0.141. The Bertz CT molecular complexity index is 926. The summed E-state index contributed by atoms with van der Waals surface area (Å²) in [4.78, 5) is 28.1. The number of hydrogen-bond donors (Lipinski definition) is 1. The topological polar surface area (TPSA) is 58.6 Å². The van der Waals surface area contributed by atoms with Crippen LogP contribution in [0.1, 0.15) is 50.2 Å². The molecule has 1 fully saturated rings. The zero-order valence-electron chi connectivity index (χ0n) is 18.6. The Kier molecular flexibility index (Phi) is 8.51. The SMILES string of the molecule is CC[C@@H](C(=O)NC1CCCC1)N(Cc1cccc(OC)c1)C(=O)Cc1c(F)cccc1Cl. The van der Waals surface area contributed by atoms with Crippen molar-refractivity contribution >= 4 is 23.4 Å². The lowest BCUT2D eigenvalue weighted by Crippen LogP contribution is -2.51. The van der Waals surface area contributed by atoms with Crippen molar-refractivity contribution in [3.8, 4) is 5.75 Å². The van der Waals surface area contributed by atoms with E-state index in [4.69, 9.17) is 16.3 Å². The predicted molar refractivity (Wildman–Crippen MR) is 123 cm³/mol. The van der Waals surface area contributed by atoms with Gasteiger partial charge in [-0.05, 0) is 49.1 Å². The fourth-order valence-electron chi connectivity index (χ4n) is 4.21. The van der Waals surface area contributed by atoms with Crippen molar-refractivity contribution in [3.63, 3.8) is 0 Å². The number of nitrogens with one attached hydrogen (secondary N) is 1. The number of carbonyl (C=O) groups excluding carboxylic acids is 2. The van der Waals surface area contributed by atoms with Crippen molar-refractivity contribution in [2.24, 2.45) is 0 Å². The van der Waals surface area contributed by atoms with Gasteiger partial charge in [-0.15, -0.1) is 0 Å². The van der Waals surface area contributed by atoms with Gasteiger partial charge in [-0.25, -0.2) is 4.39 Å². The van der Waals surface area contributed by atoms with Crippen molar-refractivity contribution in [2.45, 2.75) is 64.1 Å². The van der Waals surface area contributed by atoms with E-state index in [0.717, 1.165) is 31.2 Å². The Labute approximate surface area is 193 Å². The van der Waals surface area contributed by atoms with Crippen LogP contribution in [0.4, 0.5) is 4.39 Å². The molecule has 1 atom stereocenters. The van der Waals surface area contributed by atoms with Gasteiger partial charge in [0.15, 0.2) is 0 Å². The molecular formula is C25H30ClFN2O3. The highest BCUT2D eigenvalue weighted by atomic mass is 35.5. The first-order valence-electron chi connectivity index (χ1n) is 11.1. The van der Waals surface area contributed by atoms with Gasteiger partial charge < -0.3 is 15.0 Å². The molecule has 172 valence electrons. The average Bonchev–Trinajstić information content (AvgIpc) is 3.29. The summed E-state index contributed by atoms with van der Waals surface area (Å²) in [5.41, 5.74) is 0.963. The molecule has 1 saturated carbocycles. The third-order valence-electron chi connectivity index (χ3n) is 5.96. The van der Waals surface area contributed by atoms with Crippen molar-refractivity contribution in [1.82, 2.24) is 10.2 Å². The molecule has 0 aromatic heterocycles. The van der Waals surface area contributed by atoms with Crippen LogP contribution in [0.2, 0.25) is 5.02 Å². The van der Waals surface area contributed by atoms with Gasteiger partial charge >= 0.3 is 0 Å². The van der Waals surface area contributed by atoms with Crippen molar-refractivity contribution in [1.29, 1.82) is 0 Å². The van der Waals surface area contributed by atoms with Gasteiger partial charge in [0.25, 0.3) is 0 Å². The van der Waals surface area contributed by atoms with Crippen molar-refractivity contribution in [2.75, 3.05) is 7.11 Å². The standard InChI is InChI=1S/C25H30ClFN2O3/c1-3-23(25(31)28-18-9-4-5-10-18)29(16-17-8-6-11-19(14-17)32-2)24(30)15-20-21(26)12-7-13-22(20)27/h6-8,11-14,18,23H,3-5,9-10,15-16H2,1-2H3,(H,28,31)/t23-/m0/s1. The van der Waals surface area contributed by atoms with Gasteiger partial charge in [0, 0.05) is 23.2 Å². The molecule has 2 aromatic carbocycles. The number of rotatable bonds is 9. The molecule has 0 unspecified atom stereocenters. The molecular weight excluding hydrogens is 431 g/mol. The molecule has 0 saturated heterocycles. The Balaban J connectivity index is 1.87. The van der Waals surface area contributed by atoms with Crippen molar-refractivity contribution in [3.05, 3.63) is 64.4 Å². The molecule has 3 rings (SSSR count). The summed E-state index contributed by atoms with van der Waals surface area (Å²) in [5.74, 6) is -0.394. The summed E-state index contributed by atoms with van der Waals surface area (Å²) in [5, 5.41) is 3.30. The summed E-state index contributed by atoms with van der Waals surface area (Å²) in [7, 11) is 1.58. The zero-order valence-corrected chi connectivity index (χ0v) is 19.3. The third kappa shape index (κ3) is 6.00. The molecule has 7 heteroatoms. The maximum absolute atomic E-state index is 14.4. The van der Waals surface area contributed by atoms with Gasteiger partial charge in [0.1, 0.15) is 17.6 Å². The predicted octanol–water partition coefficient (Wildman–Crippen LogP) is 4.90. The van der Waals surface area contributed by atoms with E-state index in [9.17, 15) is 14.0 Å². The lowest BCUT2D eigenvalue weighted by Gasteiger charge is -2.32. The minimum absolute atomic E-state index is 0.140. The Morgan fingerprint density at radius 1 is 1.22 bits per heavy atom. The summed E-state index contributed by atoms with van der Waals surface area (Å²) in [6.45, 7) is 2.08. The van der Waals surface area contributed by atoms with E-state index in [1.165, 1.54) is 17.0 Å². The molecule has 1 aliphatic rings. The number of halogens is 2. The van der Waals surface area contributed by atoms with E-state index in [0.29, 0.717) is 12.2 Å². The fraction of sp³-hybridized carbons (Fsp3) is 0.440. The number of hydrogen-bond acceptors (Lipinski definition) is 3. The third-order valence-corrected chi connectivity index (χ3v) is 6.32. The van der Waals surface area contributed by atoms with Crippen LogP contribution in [0.25, 0.3) is 0 Å². The van der Waals surface area contributed by atoms with Gasteiger partial charge in [-0.3, -0.25) is 9.59 Å². The Morgan fingerprint density at radius 2 is 1.94 bits per heavy atom. The first-order valence-corrected chi connectivity index (χ1v) is 11.5. The second-order valence-electron chi connectivity index (χ2n) is 8.16. The van der Waals surface area contributed by atoms with Gasteiger partial charge in [0.2, 0.25) is 11.8 Å². The summed E-state index contributed by atoms with van der Waals surface area (Å²) >= 11 is 6.16. The molecule has 5 nitrogen and oxygen atoms in total. The fourth-order valence-corrected chi connectivity index (χ4v) is 4.44. The van der Waals surface area contributed by atoms with E-state index >= 15 is 0 Å².